The van der Waals surface area contributed by atoms with Crippen molar-refractivity contribution in [1.29, 1.82) is 0 Å². The SMILES string of the molecule is COC(=O)C12C3C4(C(=O)OC)C1C1(C(=O)OC)C2C3(C(=O)OC)C41. The Hall–Kier alpha value is -2.12. The molecule has 0 aromatic rings. The van der Waals surface area contributed by atoms with Crippen LogP contribution in [0.15, 0.2) is 0 Å². The van der Waals surface area contributed by atoms with Gasteiger partial charge in [0.25, 0.3) is 0 Å². The summed E-state index contributed by atoms with van der Waals surface area (Å²) < 4.78 is 19.8. The van der Waals surface area contributed by atoms with Crippen LogP contribution in [-0.4, -0.2) is 52.3 Å². The standard InChI is InChI=1S/C16H16O8/c1-21-9(17)13-5-14(10(18)22-2)6(13)16(12(20)24-4)7(13)15(5,8(14)16)11(19)23-3/h5-8H,1-4H3. The van der Waals surface area contributed by atoms with Crippen molar-refractivity contribution in [3.63, 3.8) is 0 Å². The van der Waals surface area contributed by atoms with Crippen molar-refractivity contribution in [1.82, 2.24) is 0 Å². The van der Waals surface area contributed by atoms with Gasteiger partial charge in [0.15, 0.2) is 0 Å². The molecule has 0 atom stereocenters. The Balaban J connectivity index is 1.69. The summed E-state index contributed by atoms with van der Waals surface area (Å²) in [6, 6.07) is 0. The number of hydrogen-bond acceptors (Lipinski definition) is 8. The molecule has 0 saturated heterocycles. The molecule has 8 nitrogen and oxygen atoms in total. The molecule has 0 aliphatic heterocycles. The Morgan fingerprint density at radius 3 is 0.792 bits per heavy atom. The van der Waals surface area contributed by atoms with E-state index in [0.29, 0.717) is 0 Å². The maximum atomic E-state index is 12.5. The highest BCUT2D eigenvalue weighted by Gasteiger charge is 3.26. The molecule has 0 aromatic heterocycles. The van der Waals surface area contributed by atoms with Crippen molar-refractivity contribution in [3.05, 3.63) is 0 Å². The first-order valence-electron chi connectivity index (χ1n) is 7.73. The predicted molar refractivity (Wildman–Crippen MR) is 71.8 cm³/mol. The van der Waals surface area contributed by atoms with E-state index >= 15 is 0 Å². The topological polar surface area (TPSA) is 105 Å². The number of carbonyl (C=O) groups excluding carboxylic acids is 4. The predicted octanol–water partition coefficient (Wildman–Crippen LogP) is -0.843. The van der Waals surface area contributed by atoms with Crippen LogP contribution < -0.4 is 0 Å². The van der Waals surface area contributed by atoms with Crippen LogP contribution in [0.2, 0.25) is 0 Å². The summed E-state index contributed by atoms with van der Waals surface area (Å²) >= 11 is 0. The highest BCUT2D eigenvalue weighted by molar-refractivity contribution is 6.12. The van der Waals surface area contributed by atoms with Crippen molar-refractivity contribution in [2.45, 2.75) is 0 Å². The third kappa shape index (κ3) is 0.683. The first kappa shape index (κ1) is 14.2. The summed E-state index contributed by atoms with van der Waals surface area (Å²) in [5, 5.41) is 0. The Bertz CT molecular complexity index is 589. The van der Waals surface area contributed by atoms with Crippen LogP contribution in [0.4, 0.5) is 0 Å². The van der Waals surface area contributed by atoms with Crippen molar-refractivity contribution < 1.29 is 38.1 Å². The van der Waals surface area contributed by atoms with E-state index in [1.54, 1.807) is 0 Å². The van der Waals surface area contributed by atoms with Gasteiger partial charge in [0.05, 0.1) is 50.1 Å². The molecule has 0 heterocycles. The molecule has 6 aliphatic carbocycles. The van der Waals surface area contributed by atoms with Crippen LogP contribution >= 0.6 is 0 Å². The molecule has 0 spiro atoms. The fourth-order valence-electron chi connectivity index (χ4n) is 8.29. The summed E-state index contributed by atoms with van der Waals surface area (Å²) in [6.45, 7) is 0. The van der Waals surface area contributed by atoms with Crippen LogP contribution in [0, 0.1) is 45.3 Å². The molecule has 6 aliphatic rings. The van der Waals surface area contributed by atoms with Gasteiger partial charge in [-0.2, -0.15) is 0 Å². The number of methoxy groups -OCH3 is 4. The summed E-state index contributed by atoms with van der Waals surface area (Å²) in [6.07, 6.45) is 0. The second-order valence-corrected chi connectivity index (χ2v) is 7.43. The summed E-state index contributed by atoms with van der Waals surface area (Å²) in [5.41, 5.74) is -3.83. The Labute approximate surface area is 136 Å². The van der Waals surface area contributed by atoms with E-state index < -0.39 is 69.2 Å². The lowest BCUT2D eigenvalue weighted by Crippen LogP contribution is -3.21. The number of esters is 4. The zero-order chi connectivity index (χ0) is 17.4. The van der Waals surface area contributed by atoms with Gasteiger partial charge in [-0.1, -0.05) is 0 Å². The van der Waals surface area contributed by atoms with Gasteiger partial charge in [-0.05, 0) is 0 Å². The van der Waals surface area contributed by atoms with Gasteiger partial charge in [0.1, 0.15) is 0 Å². The van der Waals surface area contributed by atoms with E-state index in [4.69, 9.17) is 18.9 Å². The molecule has 6 rings (SSSR count). The molecule has 0 radical (unpaired) electrons. The second kappa shape index (κ2) is 3.32. The minimum Gasteiger partial charge on any atom is -0.469 e. The van der Waals surface area contributed by atoms with Crippen molar-refractivity contribution in [2.75, 3.05) is 28.4 Å². The Kier molecular flexibility index (Phi) is 1.97. The summed E-state index contributed by atoms with van der Waals surface area (Å²) in [5.74, 6) is -3.91. The first-order chi connectivity index (χ1) is 11.4. The molecule has 0 bridgehead atoms. The average Bonchev–Trinajstić information content (AvgIpc) is 2.63. The monoisotopic (exact) mass is 336 g/mol. The molecule has 128 valence electrons. The van der Waals surface area contributed by atoms with E-state index in [2.05, 4.69) is 0 Å². The van der Waals surface area contributed by atoms with Gasteiger partial charge < -0.3 is 18.9 Å². The highest BCUT2D eigenvalue weighted by atomic mass is 16.5. The van der Waals surface area contributed by atoms with E-state index in [0.717, 1.165) is 0 Å². The molecular formula is C16H16O8. The quantitative estimate of drug-likeness (QED) is 0.483. The minimum atomic E-state index is -0.958. The van der Waals surface area contributed by atoms with Gasteiger partial charge >= 0.3 is 23.9 Å². The van der Waals surface area contributed by atoms with Gasteiger partial charge in [0.2, 0.25) is 0 Å². The first-order valence-corrected chi connectivity index (χ1v) is 7.73. The van der Waals surface area contributed by atoms with Crippen LogP contribution in [0.3, 0.4) is 0 Å². The fraction of sp³-hybridized carbons (Fsp3) is 0.750. The molecule has 6 saturated carbocycles. The van der Waals surface area contributed by atoms with E-state index in [1.807, 2.05) is 0 Å². The number of hydrogen-bond donors (Lipinski definition) is 0. The van der Waals surface area contributed by atoms with Crippen LogP contribution in [-0.2, 0) is 38.1 Å². The molecular weight excluding hydrogens is 320 g/mol. The Morgan fingerprint density at radius 1 is 0.500 bits per heavy atom. The van der Waals surface area contributed by atoms with Crippen molar-refractivity contribution >= 4 is 23.9 Å². The fourth-order valence-corrected chi connectivity index (χ4v) is 8.29. The lowest BCUT2D eigenvalue weighted by molar-refractivity contribution is -0.684. The zero-order valence-corrected chi connectivity index (χ0v) is 13.6. The van der Waals surface area contributed by atoms with Gasteiger partial charge in [-0.25, -0.2) is 0 Å². The number of rotatable bonds is 4. The smallest absolute Gasteiger partial charge is 0.312 e. The zero-order valence-electron chi connectivity index (χ0n) is 13.6. The minimum absolute atomic E-state index is 0.473. The lowest BCUT2D eigenvalue weighted by Gasteiger charge is -3.13. The van der Waals surface area contributed by atoms with Crippen molar-refractivity contribution in [3.8, 4) is 0 Å². The molecule has 0 N–H and O–H groups in total. The number of carbonyl (C=O) groups is 4. The average molecular weight is 336 g/mol. The van der Waals surface area contributed by atoms with Crippen LogP contribution in [0.1, 0.15) is 0 Å². The van der Waals surface area contributed by atoms with Crippen LogP contribution in [0.25, 0.3) is 0 Å². The third-order valence-corrected chi connectivity index (χ3v) is 7.89. The molecule has 6 fully saturated rings. The lowest BCUT2D eigenvalue weighted by atomic mass is 8.84. The molecule has 0 aromatic carbocycles. The van der Waals surface area contributed by atoms with Gasteiger partial charge in [0, 0.05) is 23.7 Å². The normalized spacial score (nSPS) is 55.2. The second-order valence-electron chi connectivity index (χ2n) is 7.43. The van der Waals surface area contributed by atoms with Gasteiger partial charge in [-0.3, -0.25) is 19.2 Å². The van der Waals surface area contributed by atoms with Crippen molar-refractivity contribution in [2.24, 2.45) is 45.3 Å². The van der Waals surface area contributed by atoms with E-state index in [-0.39, 0.29) is 0 Å². The highest BCUT2D eigenvalue weighted by Crippen LogP contribution is 3.18. The summed E-state index contributed by atoms with van der Waals surface area (Å²) in [7, 11) is 5.07. The third-order valence-electron chi connectivity index (χ3n) is 7.89. The van der Waals surface area contributed by atoms with Crippen LogP contribution in [0.5, 0.6) is 0 Å². The molecule has 0 unspecified atom stereocenters. The van der Waals surface area contributed by atoms with E-state index in [9.17, 15) is 19.2 Å². The number of ether oxygens (including phenoxy) is 4. The summed E-state index contributed by atoms with van der Waals surface area (Å²) in [4.78, 5) is 49.9. The molecule has 8 heteroatoms. The molecule has 0 amide bonds. The molecule has 24 heavy (non-hydrogen) atoms. The maximum Gasteiger partial charge on any atom is 0.312 e. The van der Waals surface area contributed by atoms with Gasteiger partial charge in [-0.15, -0.1) is 0 Å². The largest absolute Gasteiger partial charge is 0.469 e. The Morgan fingerprint density at radius 2 is 0.667 bits per heavy atom. The maximum absolute atomic E-state index is 12.5. The van der Waals surface area contributed by atoms with E-state index in [1.165, 1.54) is 28.4 Å².